The van der Waals surface area contributed by atoms with Crippen molar-refractivity contribution < 1.29 is 14.8 Å². The lowest BCUT2D eigenvalue weighted by molar-refractivity contribution is -0.690. The first-order chi connectivity index (χ1) is 11.6. The maximum atomic E-state index is 6.52. The van der Waals surface area contributed by atoms with Crippen LogP contribution in [0.4, 0.5) is 0 Å². The summed E-state index contributed by atoms with van der Waals surface area (Å²) in [5, 5.41) is 7.50. The summed E-state index contributed by atoms with van der Waals surface area (Å²) in [7, 11) is 1.88. The Balaban J connectivity index is 2.10. The molecule has 0 aliphatic carbocycles. The lowest BCUT2D eigenvalue weighted by Crippen LogP contribution is -2.87. The van der Waals surface area contributed by atoms with E-state index in [1.165, 1.54) is 11.1 Å². The molecule has 1 aromatic heterocycles. The van der Waals surface area contributed by atoms with Crippen molar-refractivity contribution in [1.29, 1.82) is 0 Å². The van der Waals surface area contributed by atoms with Crippen LogP contribution in [0.3, 0.4) is 0 Å². The zero-order chi connectivity index (χ0) is 17.3. The van der Waals surface area contributed by atoms with Crippen LogP contribution in [0.1, 0.15) is 42.3 Å². The number of hydrogen-bond donors (Lipinski definition) is 1. The maximum Gasteiger partial charge on any atom is 0.161 e. The second-order valence-electron chi connectivity index (χ2n) is 6.03. The monoisotopic (exact) mass is 350 g/mol. The van der Waals surface area contributed by atoms with Gasteiger partial charge >= 0.3 is 0 Å². The third-order valence-corrected chi connectivity index (χ3v) is 4.91. The number of nitrogens with two attached hydrogens (primary N) is 1. The molecule has 24 heavy (non-hydrogen) atoms. The molecule has 0 bridgehead atoms. The number of ether oxygens (including phenoxy) is 2. The number of aryl methyl sites for hydroxylation is 2. The third kappa shape index (κ3) is 2.98. The summed E-state index contributed by atoms with van der Waals surface area (Å²) in [5.41, 5.74) is 4.61. The van der Waals surface area contributed by atoms with Crippen molar-refractivity contribution in [2.24, 2.45) is 7.05 Å². The van der Waals surface area contributed by atoms with Gasteiger partial charge in [-0.15, -0.1) is 0 Å². The van der Waals surface area contributed by atoms with Gasteiger partial charge in [0, 0.05) is 19.0 Å². The Kier molecular flexibility index (Phi) is 5.01. The number of benzene rings is 1. The number of fused-ring (bicyclic) bond motifs is 1. The first-order valence-electron chi connectivity index (χ1n) is 8.51. The van der Waals surface area contributed by atoms with E-state index in [9.17, 15) is 0 Å². The largest absolute Gasteiger partial charge is 0.490 e. The lowest BCUT2D eigenvalue weighted by atomic mass is 9.89. The molecular formula is C18H25ClN3O2+. The van der Waals surface area contributed by atoms with Crippen molar-refractivity contribution in [2.45, 2.75) is 33.2 Å². The summed E-state index contributed by atoms with van der Waals surface area (Å²) < 4.78 is 13.3. The molecule has 1 aliphatic rings. The van der Waals surface area contributed by atoms with E-state index < -0.39 is 0 Å². The average molecular weight is 351 g/mol. The van der Waals surface area contributed by atoms with Crippen molar-refractivity contribution >= 4 is 11.6 Å². The first-order valence-corrected chi connectivity index (χ1v) is 8.89. The Morgan fingerprint density at radius 1 is 1.25 bits per heavy atom. The molecule has 130 valence electrons. The van der Waals surface area contributed by atoms with Gasteiger partial charge in [-0.1, -0.05) is 11.6 Å². The van der Waals surface area contributed by atoms with E-state index in [4.69, 9.17) is 21.1 Å². The average Bonchev–Trinajstić information content (AvgIpc) is 2.81. The minimum Gasteiger partial charge on any atom is -0.490 e. The number of halogens is 1. The second kappa shape index (κ2) is 7.03. The van der Waals surface area contributed by atoms with Crippen LogP contribution in [0.2, 0.25) is 5.15 Å². The van der Waals surface area contributed by atoms with Crippen molar-refractivity contribution in [3.63, 3.8) is 0 Å². The zero-order valence-electron chi connectivity index (χ0n) is 14.7. The molecule has 0 saturated carbocycles. The van der Waals surface area contributed by atoms with Crippen LogP contribution >= 0.6 is 11.6 Å². The molecular weight excluding hydrogens is 326 g/mol. The van der Waals surface area contributed by atoms with Crippen LogP contribution in [-0.2, 0) is 13.5 Å². The molecule has 6 heteroatoms. The Morgan fingerprint density at radius 3 is 2.50 bits per heavy atom. The van der Waals surface area contributed by atoms with E-state index in [0.717, 1.165) is 35.7 Å². The second-order valence-corrected chi connectivity index (χ2v) is 6.39. The van der Waals surface area contributed by atoms with E-state index in [2.05, 4.69) is 22.5 Å². The number of quaternary nitrogens is 1. The Hall–Kier alpha value is -1.72. The third-order valence-electron chi connectivity index (χ3n) is 4.46. The van der Waals surface area contributed by atoms with Gasteiger partial charge in [-0.3, -0.25) is 4.68 Å². The minimum absolute atomic E-state index is 0.143. The SMILES string of the molecule is CCOc1cc2c(cc1OCC)[C@H](c1c(C)nn(C)c1Cl)[NH2+]CC2. The molecule has 5 nitrogen and oxygen atoms in total. The first kappa shape index (κ1) is 17.1. The Labute approximate surface area is 147 Å². The predicted molar refractivity (Wildman–Crippen MR) is 94.1 cm³/mol. The summed E-state index contributed by atoms with van der Waals surface area (Å²) in [6, 6.07) is 4.39. The van der Waals surface area contributed by atoms with Gasteiger partial charge in [0.25, 0.3) is 0 Å². The van der Waals surface area contributed by atoms with Crippen LogP contribution < -0.4 is 14.8 Å². The normalized spacial score (nSPS) is 16.8. The van der Waals surface area contributed by atoms with Gasteiger partial charge in [-0.25, -0.2) is 0 Å². The molecule has 0 radical (unpaired) electrons. The fourth-order valence-corrected chi connectivity index (χ4v) is 3.76. The molecule has 0 saturated heterocycles. The van der Waals surface area contributed by atoms with Crippen LogP contribution in [-0.4, -0.2) is 29.5 Å². The molecule has 2 N–H and O–H groups in total. The molecule has 0 amide bonds. The van der Waals surface area contributed by atoms with Crippen LogP contribution in [0.25, 0.3) is 0 Å². The predicted octanol–water partition coefficient (Wildman–Crippen LogP) is 2.39. The quantitative estimate of drug-likeness (QED) is 0.900. The summed E-state index contributed by atoms with van der Waals surface area (Å²) in [6.45, 7) is 8.25. The van der Waals surface area contributed by atoms with Gasteiger partial charge in [-0.05, 0) is 38.5 Å². The van der Waals surface area contributed by atoms with E-state index >= 15 is 0 Å². The molecule has 0 unspecified atom stereocenters. The molecule has 3 rings (SSSR count). The summed E-state index contributed by atoms with van der Waals surface area (Å²) in [6.07, 6.45) is 1.01. The fourth-order valence-electron chi connectivity index (χ4n) is 3.47. The number of rotatable bonds is 5. The smallest absolute Gasteiger partial charge is 0.161 e. The highest BCUT2D eigenvalue weighted by Gasteiger charge is 2.32. The lowest BCUT2D eigenvalue weighted by Gasteiger charge is -2.26. The highest BCUT2D eigenvalue weighted by molar-refractivity contribution is 6.30. The Morgan fingerprint density at radius 2 is 1.92 bits per heavy atom. The highest BCUT2D eigenvalue weighted by Crippen LogP contribution is 2.38. The number of hydrogen-bond acceptors (Lipinski definition) is 3. The van der Waals surface area contributed by atoms with Gasteiger partial charge < -0.3 is 14.8 Å². The van der Waals surface area contributed by atoms with Gasteiger partial charge in [0.15, 0.2) is 11.5 Å². The molecule has 1 aliphatic heterocycles. The molecule has 1 atom stereocenters. The molecule has 2 aromatic rings. The van der Waals surface area contributed by atoms with E-state index in [-0.39, 0.29) is 6.04 Å². The standard InChI is InChI=1S/C18H24ClN3O2/c1-5-23-14-9-12-7-8-20-17(13(12)10-15(14)24-6-2)16-11(3)21-22(4)18(16)19/h9-10,17,20H,5-8H2,1-4H3/p+1/t17-/m1/s1. The van der Waals surface area contributed by atoms with Gasteiger partial charge in [-0.2, -0.15) is 5.10 Å². The number of aromatic nitrogens is 2. The topological polar surface area (TPSA) is 52.9 Å². The summed E-state index contributed by atoms with van der Waals surface area (Å²) in [5.74, 6) is 1.63. The van der Waals surface area contributed by atoms with Gasteiger partial charge in [0.1, 0.15) is 11.2 Å². The van der Waals surface area contributed by atoms with Crippen molar-refractivity contribution in [2.75, 3.05) is 19.8 Å². The van der Waals surface area contributed by atoms with Crippen molar-refractivity contribution in [3.05, 3.63) is 39.7 Å². The zero-order valence-corrected chi connectivity index (χ0v) is 15.5. The number of nitrogens with zero attached hydrogens (tertiary/aromatic N) is 2. The van der Waals surface area contributed by atoms with E-state index in [1.807, 2.05) is 27.8 Å². The van der Waals surface area contributed by atoms with Crippen molar-refractivity contribution in [1.82, 2.24) is 9.78 Å². The highest BCUT2D eigenvalue weighted by atomic mass is 35.5. The van der Waals surface area contributed by atoms with E-state index in [1.54, 1.807) is 4.68 Å². The van der Waals surface area contributed by atoms with Crippen LogP contribution in [0.5, 0.6) is 11.5 Å². The summed E-state index contributed by atoms with van der Waals surface area (Å²) >= 11 is 6.52. The molecule has 0 spiro atoms. The summed E-state index contributed by atoms with van der Waals surface area (Å²) in [4.78, 5) is 0. The van der Waals surface area contributed by atoms with Crippen LogP contribution in [0, 0.1) is 6.92 Å². The minimum atomic E-state index is 0.143. The van der Waals surface area contributed by atoms with Gasteiger partial charge in [0.05, 0.1) is 31.0 Å². The molecule has 1 aromatic carbocycles. The fraction of sp³-hybridized carbons (Fsp3) is 0.500. The van der Waals surface area contributed by atoms with Crippen molar-refractivity contribution in [3.8, 4) is 11.5 Å². The maximum absolute atomic E-state index is 6.52. The molecule has 2 heterocycles. The van der Waals surface area contributed by atoms with Crippen LogP contribution in [0.15, 0.2) is 12.1 Å². The Bertz CT molecular complexity index is 742. The van der Waals surface area contributed by atoms with E-state index in [0.29, 0.717) is 18.4 Å². The van der Waals surface area contributed by atoms with Gasteiger partial charge in [0.2, 0.25) is 0 Å². The molecule has 0 fully saturated rings.